The number of piperazine rings is 1. The second-order valence-corrected chi connectivity index (χ2v) is 11.5. The quantitative estimate of drug-likeness (QED) is 0.374. The molecule has 0 aliphatic carbocycles. The lowest BCUT2D eigenvalue weighted by molar-refractivity contribution is 0.0968. The predicted octanol–water partition coefficient (Wildman–Crippen LogP) is 3.91. The van der Waals surface area contributed by atoms with Crippen molar-refractivity contribution in [2.24, 2.45) is 0 Å². The van der Waals surface area contributed by atoms with Crippen LogP contribution < -0.4 is 15.0 Å². The fourth-order valence-electron chi connectivity index (χ4n) is 5.67. The van der Waals surface area contributed by atoms with Gasteiger partial charge >= 0.3 is 0 Å². The Hall–Kier alpha value is -3.76. The summed E-state index contributed by atoms with van der Waals surface area (Å²) in [7, 11) is 0. The summed E-state index contributed by atoms with van der Waals surface area (Å²) in [4.78, 5) is 21.7. The van der Waals surface area contributed by atoms with Crippen LogP contribution >= 0.6 is 0 Å². The Morgan fingerprint density at radius 1 is 1.02 bits per heavy atom. The third kappa shape index (κ3) is 4.75. The molecule has 2 aliphatic rings. The summed E-state index contributed by atoms with van der Waals surface area (Å²) in [5.74, 6) is 2.31. The van der Waals surface area contributed by atoms with Crippen molar-refractivity contribution in [3.63, 3.8) is 0 Å². The van der Waals surface area contributed by atoms with Gasteiger partial charge in [0.15, 0.2) is 17.3 Å². The van der Waals surface area contributed by atoms with Gasteiger partial charge in [-0.3, -0.25) is 14.6 Å². The molecular weight excluding hydrogens is 506 g/mol. The van der Waals surface area contributed by atoms with Gasteiger partial charge in [0.2, 0.25) is 6.79 Å². The van der Waals surface area contributed by atoms with Gasteiger partial charge in [-0.2, -0.15) is 0 Å². The average Bonchev–Trinajstić information content (AvgIpc) is 3.63. The summed E-state index contributed by atoms with van der Waals surface area (Å²) >= 11 is 0. The molecule has 2 aromatic heterocycles. The molecule has 0 amide bonds. The van der Waals surface area contributed by atoms with E-state index in [1.54, 1.807) is 0 Å². The van der Waals surface area contributed by atoms with E-state index in [4.69, 9.17) is 9.47 Å². The first-order valence-electron chi connectivity index (χ1n) is 14.0. The lowest BCUT2D eigenvalue weighted by Crippen LogP contribution is -2.49. The number of aryl methyl sites for hydroxylation is 2. The zero-order valence-electron chi connectivity index (χ0n) is 23.9. The maximum Gasteiger partial charge on any atom is 0.253 e. The molecule has 1 fully saturated rings. The van der Waals surface area contributed by atoms with E-state index in [-0.39, 0.29) is 23.9 Å². The summed E-state index contributed by atoms with van der Waals surface area (Å²) in [5, 5.41) is 14.0. The van der Waals surface area contributed by atoms with E-state index in [0.29, 0.717) is 11.4 Å². The second kappa shape index (κ2) is 10.3. The van der Waals surface area contributed by atoms with Crippen molar-refractivity contribution in [1.29, 1.82) is 0 Å². The van der Waals surface area contributed by atoms with Crippen LogP contribution in [-0.4, -0.2) is 68.0 Å². The SMILES string of the molecule is CCC(C)(C)n1nnnc1[C@@H](c1cc2ccc(C)c(C)c2[nH]c1=O)N1CCN(Cc2ccc3c(c2)OCO3)CC1. The molecule has 210 valence electrons. The van der Waals surface area contributed by atoms with Gasteiger partial charge in [-0.25, -0.2) is 4.68 Å². The minimum absolute atomic E-state index is 0.0992. The Morgan fingerprint density at radius 3 is 2.58 bits per heavy atom. The van der Waals surface area contributed by atoms with Gasteiger partial charge in [-0.1, -0.05) is 25.1 Å². The van der Waals surface area contributed by atoms with Gasteiger partial charge in [0.05, 0.1) is 11.1 Å². The summed E-state index contributed by atoms with van der Waals surface area (Å²) in [6.45, 7) is 14.9. The van der Waals surface area contributed by atoms with Crippen LogP contribution in [0.15, 0.2) is 41.2 Å². The average molecular weight is 544 g/mol. The van der Waals surface area contributed by atoms with E-state index in [2.05, 4.69) is 89.2 Å². The number of nitrogens with zero attached hydrogens (tertiary/aromatic N) is 6. The predicted molar refractivity (Wildman–Crippen MR) is 153 cm³/mol. The third-order valence-corrected chi connectivity index (χ3v) is 8.67. The Bertz CT molecular complexity index is 1600. The van der Waals surface area contributed by atoms with Crippen molar-refractivity contribution in [3.05, 3.63) is 74.8 Å². The number of benzene rings is 2. The van der Waals surface area contributed by atoms with Crippen molar-refractivity contribution in [1.82, 2.24) is 35.0 Å². The highest BCUT2D eigenvalue weighted by atomic mass is 16.7. The molecule has 0 radical (unpaired) electrons. The highest BCUT2D eigenvalue weighted by molar-refractivity contribution is 5.83. The fourth-order valence-corrected chi connectivity index (χ4v) is 5.67. The number of tetrazole rings is 1. The van der Waals surface area contributed by atoms with E-state index in [9.17, 15) is 4.79 Å². The Balaban J connectivity index is 1.33. The summed E-state index contributed by atoms with van der Waals surface area (Å²) in [6.07, 6.45) is 0.855. The molecule has 4 heterocycles. The van der Waals surface area contributed by atoms with Crippen LogP contribution in [0, 0.1) is 13.8 Å². The van der Waals surface area contributed by atoms with Gasteiger partial charge in [-0.15, -0.1) is 5.10 Å². The summed E-state index contributed by atoms with van der Waals surface area (Å²) in [6, 6.07) is 12.0. The molecule has 1 atom stereocenters. The molecule has 0 unspecified atom stereocenters. The smallest absolute Gasteiger partial charge is 0.253 e. The second-order valence-electron chi connectivity index (χ2n) is 11.5. The molecule has 10 heteroatoms. The number of ether oxygens (including phenoxy) is 2. The topological polar surface area (TPSA) is 101 Å². The Labute approximate surface area is 233 Å². The molecule has 2 aliphatic heterocycles. The molecule has 1 saturated heterocycles. The third-order valence-electron chi connectivity index (χ3n) is 8.67. The van der Waals surface area contributed by atoms with E-state index in [1.165, 1.54) is 5.56 Å². The number of pyridine rings is 1. The van der Waals surface area contributed by atoms with E-state index < -0.39 is 0 Å². The maximum absolute atomic E-state index is 13.7. The molecule has 0 bridgehead atoms. The number of aromatic amines is 1. The maximum atomic E-state index is 13.7. The number of H-pyrrole nitrogens is 1. The highest BCUT2D eigenvalue weighted by Crippen LogP contribution is 2.34. The Morgan fingerprint density at radius 2 is 1.80 bits per heavy atom. The van der Waals surface area contributed by atoms with Crippen LogP contribution in [0.2, 0.25) is 0 Å². The fraction of sp³-hybridized carbons (Fsp3) is 0.467. The van der Waals surface area contributed by atoms with Gasteiger partial charge in [0.25, 0.3) is 5.56 Å². The minimum atomic E-state index is -0.372. The molecular formula is C30H37N7O3. The largest absolute Gasteiger partial charge is 0.454 e. The van der Waals surface area contributed by atoms with Crippen LogP contribution in [0.3, 0.4) is 0 Å². The van der Waals surface area contributed by atoms with Gasteiger partial charge in [-0.05, 0) is 84.8 Å². The zero-order chi connectivity index (χ0) is 28.0. The van der Waals surface area contributed by atoms with Gasteiger partial charge in [0.1, 0.15) is 6.04 Å². The highest BCUT2D eigenvalue weighted by Gasteiger charge is 2.35. The number of hydrogen-bond donors (Lipinski definition) is 1. The molecule has 0 saturated carbocycles. The van der Waals surface area contributed by atoms with Crippen LogP contribution in [0.4, 0.5) is 0 Å². The lowest BCUT2D eigenvalue weighted by Gasteiger charge is -2.39. The molecule has 2 aromatic carbocycles. The molecule has 4 aromatic rings. The summed E-state index contributed by atoms with van der Waals surface area (Å²) < 4.78 is 12.9. The summed E-state index contributed by atoms with van der Waals surface area (Å²) in [5.41, 5.74) is 4.59. The monoisotopic (exact) mass is 543 g/mol. The van der Waals surface area contributed by atoms with E-state index in [1.807, 2.05) is 16.8 Å². The molecule has 6 rings (SSSR count). The normalized spacial score (nSPS) is 17.0. The zero-order valence-corrected chi connectivity index (χ0v) is 23.9. The number of nitrogens with one attached hydrogen (secondary N) is 1. The minimum Gasteiger partial charge on any atom is -0.454 e. The Kier molecular flexibility index (Phi) is 6.83. The number of fused-ring (bicyclic) bond motifs is 2. The van der Waals surface area contributed by atoms with Crippen LogP contribution in [0.1, 0.15) is 61.3 Å². The van der Waals surface area contributed by atoms with Crippen molar-refractivity contribution in [2.75, 3.05) is 33.0 Å². The van der Waals surface area contributed by atoms with E-state index >= 15 is 0 Å². The van der Waals surface area contributed by atoms with Crippen LogP contribution in [0.25, 0.3) is 10.9 Å². The molecule has 0 spiro atoms. The number of rotatable bonds is 7. The van der Waals surface area contributed by atoms with Crippen LogP contribution in [-0.2, 0) is 12.1 Å². The first-order valence-corrected chi connectivity index (χ1v) is 14.0. The molecule has 10 nitrogen and oxygen atoms in total. The van der Waals surface area contributed by atoms with Crippen molar-refractivity contribution in [3.8, 4) is 11.5 Å². The van der Waals surface area contributed by atoms with Crippen molar-refractivity contribution >= 4 is 10.9 Å². The van der Waals surface area contributed by atoms with Gasteiger partial charge in [0, 0.05) is 38.3 Å². The lowest BCUT2D eigenvalue weighted by atomic mass is 9.97. The molecule has 1 N–H and O–H groups in total. The standard InChI is InChI=1S/C30H37N7O3/c1-6-30(4,5)37-28(32-33-34-37)27(23-16-22-9-7-19(2)20(3)26(22)31-29(23)38)36-13-11-35(12-14-36)17-21-8-10-24-25(15-21)40-18-39-24/h7-10,15-16,27H,6,11-14,17-18H2,1-5H3,(H,31,38)/t27-/m1/s1. The van der Waals surface area contributed by atoms with Crippen LogP contribution in [0.5, 0.6) is 11.5 Å². The van der Waals surface area contributed by atoms with Crippen molar-refractivity contribution in [2.45, 2.75) is 59.2 Å². The first kappa shape index (κ1) is 26.5. The number of aromatic nitrogens is 5. The first-order chi connectivity index (χ1) is 19.2. The van der Waals surface area contributed by atoms with E-state index in [0.717, 1.165) is 72.7 Å². The van der Waals surface area contributed by atoms with Gasteiger partial charge < -0.3 is 14.5 Å². The number of hydrogen-bond acceptors (Lipinski definition) is 8. The molecule has 40 heavy (non-hydrogen) atoms. The van der Waals surface area contributed by atoms with Crippen molar-refractivity contribution < 1.29 is 9.47 Å².